The van der Waals surface area contributed by atoms with E-state index in [0.717, 1.165) is 25.9 Å². The SMILES string of the molecule is C[C@@H]1CCCN(C(=O)COC(=O)c2cc(Cl)ccc2N)C1. The van der Waals surface area contributed by atoms with Gasteiger partial charge in [-0.05, 0) is 37.0 Å². The summed E-state index contributed by atoms with van der Waals surface area (Å²) in [6.07, 6.45) is 2.12. The fourth-order valence-corrected chi connectivity index (χ4v) is 2.59. The van der Waals surface area contributed by atoms with Crippen molar-refractivity contribution in [2.75, 3.05) is 25.4 Å². The van der Waals surface area contributed by atoms with Gasteiger partial charge in [-0.15, -0.1) is 0 Å². The van der Waals surface area contributed by atoms with E-state index < -0.39 is 5.97 Å². The second-order valence-corrected chi connectivity index (χ2v) is 5.83. The van der Waals surface area contributed by atoms with Gasteiger partial charge < -0.3 is 15.4 Å². The van der Waals surface area contributed by atoms with Crippen molar-refractivity contribution < 1.29 is 14.3 Å². The van der Waals surface area contributed by atoms with Gasteiger partial charge in [0.2, 0.25) is 0 Å². The van der Waals surface area contributed by atoms with Gasteiger partial charge in [0.1, 0.15) is 0 Å². The predicted octanol–water partition coefficient (Wildman–Crippen LogP) is 2.34. The maximum absolute atomic E-state index is 12.0. The Labute approximate surface area is 129 Å². The van der Waals surface area contributed by atoms with Crippen molar-refractivity contribution in [3.8, 4) is 0 Å². The molecule has 0 radical (unpaired) electrons. The minimum absolute atomic E-state index is 0.171. The number of anilines is 1. The Balaban J connectivity index is 1.91. The van der Waals surface area contributed by atoms with Crippen molar-refractivity contribution in [3.05, 3.63) is 28.8 Å². The monoisotopic (exact) mass is 310 g/mol. The topological polar surface area (TPSA) is 72.6 Å². The van der Waals surface area contributed by atoms with Crippen molar-refractivity contribution in [3.63, 3.8) is 0 Å². The Morgan fingerprint density at radius 3 is 2.95 bits per heavy atom. The van der Waals surface area contributed by atoms with Crippen LogP contribution in [0.1, 0.15) is 30.1 Å². The number of carbonyl (C=O) groups excluding carboxylic acids is 2. The molecule has 0 aromatic heterocycles. The van der Waals surface area contributed by atoms with Gasteiger partial charge in [0.25, 0.3) is 5.91 Å². The van der Waals surface area contributed by atoms with Crippen LogP contribution in [0, 0.1) is 5.92 Å². The lowest BCUT2D eigenvalue weighted by Crippen LogP contribution is -2.41. The van der Waals surface area contributed by atoms with Gasteiger partial charge in [-0.3, -0.25) is 4.79 Å². The molecule has 6 heteroatoms. The Kier molecular flexibility index (Phi) is 5.07. The van der Waals surface area contributed by atoms with Crippen LogP contribution in [0.15, 0.2) is 18.2 Å². The maximum Gasteiger partial charge on any atom is 0.340 e. The van der Waals surface area contributed by atoms with Gasteiger partial charge in [0.15, 0.2) is 6.61 Å². The molecule has 0 unspecified atom stereocenters. The Hall–Kier alpha value is -1.75. The summed E-state index contributed by atoms with van der Waals surface area (Å²) in [6.45, 7) is 3.28. The van der Waals surface area contributed by atoms with Crippen molar-refractivity contribution in [2.45, 2.75) is 19.8 Å². The molecule has 21 heavy (non-hydrogen) atoms. The second kappa shape index (κ2) is 6.80. The number of nitrogen functional groups attached to an aromatic ring is 1. The van der Waals surface area contributed by atoms with Crippen molar-refractivity contribution in [1.29, 1.82) is 0 Å². The number of hydrogen-bond donors (Lipinski definition) is 1. The zero-order valence-corrected chi connectivity index (χ0v) is 12.7. The number of piperidine rings is 1. The van der Waals surface area contributed by atoms with Crippen LogP contribution in [-0.2, 0) is 9.53 Å². The first kappa shape index (κ1) is 15.6. The molecule has 1 fully saturated rings. The highest BCUT2D eigenvalue weighted by Crippen LogP contribution is 2.19. The van der Waals surface area contributed by atoms with E-state index in [1.165, 1.54) is 12.1 Å². The van der Waals surface area contributed by atoms with Crippen LogP contribution in [0.25, 0.3) is 0 Å². The molecule has 114 valence electrons. The lowest BCUT2D eigenvalue weighted by Gasteiger charge is -2.30. The molecule has 1 aliphatic heterocycles. The average Bonchev–Trinajstić information content (AvgIpc) is 2.47. The number of likely N-dealkylation sites (tertiary alicyclic amines) is 1. The largest absolute Gasteiger partial charge is 0.452 e. The molecule has 1 aromatic carbocycles. The third-order valence-electron chi connectivity index (χ3n) is 3.57. The Bertz CT molecular complexity index is 548. The first-order valence-electron chi connectivity index (χ1n) is 6.97. The van der Waals surface area contributed by atoms with Crippen LogP contribution >= 0.6 is 11.6 Å². The molecule has 1 saturated heterocycles. The van der Waals surface area contributed by atoms with Crippen molar-refractivity contribution >= 4 is 29.2 Å². The molecule has 1 heterocycles. The second-order valence-electron chi connectivity index (χ2n) is 5.39. The minimum Gasteiger partial charge on any atom is -0.452 e. The number of rotatable bonds is 3. The number of nitrogens with zero attached hydrogens (tertiary/aromatic N) is 1. The third-order valence-corrected chi connectivity index (χ3v) is 3.81. The van der Waals surface area contributed by atoms with E-state index in [2.05, 4.69) is 6.92 Å². The molecule has 0 aliphatic carbocycles. The van der Waals surface area contributed by atoms with Crippen LogP contribution in [0.3, 0.4) is 0 Å². The van der Waals surface area contributed by atoms with E-state index in [4.69, 9.17) is 22.1 Å². The van der Waals surface area contributed by atoms with E-state index >= 15 is 0 Å². The Morgan fingerprint density at radius 1 is 1.48 bits per heavy atom. The summed E-state index contributed by atoms with van der Waals surface area (Å²) in [4.78, 5) is 25.7. The van der Waals surface area contributed by atoms with E-state index in [0.29, 0.717) is 10.9 Å². The van der Waals surface area contributed by atoms with Crippen LogP contribution in [0.2, 0.25) is 5.02 Å². The van der Waals surface area contributed by atoms with Crippen molar-refractivity contribution in [1.82, 2.24) is 4.90 Å². The molecule has 0 saturated carbocycles. The number of esters is 1. The molecule has 2 rings (SSSR count). The first-order valence-corrected chi connectivity index (χ1v) is 7.35. The van der Waals surface area contributed by atoms with Gasteiger partial charge in [-0.2, -0.15) is 0 Å². The number of ether oxygens (including phenoxy) is 1. The highest BCUT2D eigenvalue weighted by molar-refractivity contribution is 6.31. The van der Waals surface area contributed by atoms with Gasteiger partial charge in [-0.25, -0.2) is 4.79 Å². The average molecular weight is 311 g/mol. The molecular formula is C15H19ClN2O3. The van der Waals surface area contributed by atoms with Gasteiger partial charge in [0.05, 0.1) is 5.56 Å². The van der Waals surface area contributed by atoms with Crippen LogP contribution < -0.4 is 5.73 Å². The van der Waals surface area contributed by atoms with E-state index in [-0.39, 0.29) is 23.8 Å². The normalized spacial score (nSPS) is 18.4. The summed E-state index contributed by atoms with van der Waals surface area (Å²) in [5.74, 6) is -0.314. The smallest absolute Gasteiger partial charge is 0.340 e. The predicted molar refractivity (Wildman–Crippen MR) is 81.1 cm³/mol. The summed E-state index contributed by atoms with van der Waals surface area (Å²) in [5, 5.41) is 0.396. The zero-order valence-electron chi connectivity index (χ0n) is 12.0. The van der Waals surface area contributed by atoms with E-state index in [9.17, 15) is 9.59 Å². The molecule has 0 spiro atoms. The quantitative estimate of drug-likeness (QED) is 0.687. The molecular weight excluding hydrogens is 292 g/mol. The molecule has 1 atom stereocenters. The molecule has 1 amide bonds. The molecule has 5 nitrogen and oxygen atoms in total. The number of nitrogens with two attached hydrogens (primary N) is 1. The zero-order chi connectivity index (χ0) is 15.4. The van der Waals surface area contributed by atoms with Gasteiger partial charge in [0, 0.05) is 23.8 Å². The van der Waals surface area contributed by atoms with Gasteiger partial charge in [-0.1, -0.05) is 18.5 Å². The fourth-order valence-electron chi connectivity index (χ4n) is 2.42. The lowest BCUT2D eigenvalue weighted by molar-refractivity contribution is -0.136. The van der Waals surface area contributed by atoms with Gasteiger partial charge >= 0.3 is 5.97 Å². The number of hydrogen-bond acceptors (Lipinski definition) is 4. The highest BCUT2D eigenvalue weighted by Gasteiger charge is 2.22. The standard InChI is InChI=1S/C15H19ClN2O3/c1-10-3-2-6-18(8-10)14(19)9-21-15(20)12-7-11(16)4-5-13(12)17/h4-5,7,10H,2-3,6,8-9,17H2,1H3/t10-/m1/s1. The number of carbonyl (C=O) groups is 2. The maximum atomic E-state index is 12.0. The highest BCUT2D eigenvalue weighted by atomic mass is 35.5. The molecule has 1 aromatic rings. The summed E-state index contributed by atoms with van der Waals surface area (Å²) in [6, 6.07) is 4.56. The minimum atomic E-state index is -0.631. The molecule has 2 N–H and O–H groups in total. The number of amides is 1. The molecule has 1 aliphatic rings. The van der Waals surface area contributed by atoms with Crippen LogP contribution in [0.5, 0.6) is 0 Å². The summed E-state index contributed by atoms with van der Waals surface area (Å²) in [5.41, 5.74) is 6.17. The fraction of sp³-hybridized carbons (Fsp3) is 0.467. The summed E-state index contributed by atoms with van der Waals surface area (Å²) >= 11 is 5.82. The number of halogens is 1. The van der Waals surface area contributed by atoms with Crippen molar-refractivity contribution in [2.24, 2.45) is 5.92 Å². The third kappa shape index (κ3) is 4.11. The Morgan fingerprint density at radius 2 is 2.24 bits per heavy atom. The first-order chi connectivity index (χ1) is 9.97. The number of benzene rings is 1. The van der Waals surface area contributed by atoms with Crippen LogP contribution in [0.4, 0.5) is 5.69 Å². The molecule has 0 bridgehead atoms. The lowest BCUT2D eigenvalue weighted by atomic mass is 10.0. The van der Waals surface area contributed by atoms with Crippen LogP contribution in [-0.4, -0.2) is 36.5 Å². The van der Waals surface area contributed by atoms with E-state index in [1.807, 2.05) is 0 Å². The van der Waals surface area contributed by atoms with E-state index in [1.54, 1.807) is 11.0 Å². The summed E-state index contributed by atoms with van der Waals surface area (Å²) in [7, 11) is 0. The summed E-state index contributed by atoms with van der Waals surface area (Å²) < 4.78 is 5.05.